The van der Waals surface area contributed by atoms with Crippen LogP contribution in [0.3, 0.4) is 0 Å². The smallest absolute Gasteiger partial charge is 0.00670 e. The molecule has 0 unspecified atom stereocenters. The quantitative estimate of drug-likeness (QED) is 0.554. The second kappa shape index (κ2) is 6.92. The predicted octanol–water partition coefficient (Wildman–Crippen LogP) is 6.26. The first-order chi connectivity index (χ1) is 9.34. The van der Waals surface area contributed by atoms with Gasteiger partial charge in [0.1, 0.15) is 0 Å². The number of hydrogen-bond donors (Lipinski definition) is 0. The topological polar surface area (TPSA) is 0 Å². The molecular formula is C20H30. The maximum Gasteiger partial charge on any atom is 0.00670 e. The molecule has 0 aromatic heterocycles. The van der Waals surface area contributed by atoms with Crippen LogP contribution in [0.15, 0.2) is 47.1 Å². The van der Waals surface area contributed by atoms with Crippen LogP contribution in [0.5, 0.6) is 0 Å². The Morgan fingerprint density at radius 1 is 1.15 bits per heavy atom. The third-order valence-corrected chi connectivity index (χ3v) is 4.90. The molecule has 0 radical (unpaired) electrons. The number of aryl methyl sites for hydroxylation is 1. The SMILES string of the molecule is CC=C(Cc1ccccc1C)C(C)(C)C(C)=C(C)CC. The summed E-state index contributed by atoms with van der Waals surface area (Å²) in [5, 5.41) is 0. The summed E-state index contributed by atoms with van der Waals surface area (Å²) in [5.74, 6) is 0. The van der Waals surface area contributed by atoms with Crippen molar-refractivity contribution in [3.63, 3.8) is 0 Å². The van der Waals surface area contributed by atoms with Gasteiger partial charge in [-0.25, -0.2) is 0 Å². The minimum absolute atomic E-state index is 0.136. The zero-order valence-electron chi connectivity index (χ0n) is 14.3. The molecule has 1 aromatic rings. The van der Waals surface area contributed by atoms with E-state index < -0.39 is 0 Å². The molecule has 0 fully saturated rings. The Kier molecular flexibility index (Phi) is 5.80. The van der Waals surface area contributed by atoms with Crippen molar-refractivity contribution < 1.29 is 0 Å². The van der Waals surface area contributed by atoms with Gasteiger partial charge in [-0.05, 0) is 51.7 Å². The lowest BCUT2D eigenvalue weighted by atomic mass is 9.73. The first-order valence-corrected chi connectivity index (χ1v) is 7.71. The first kappa shape index (κ1) is 16.8. The average molecular weight is 270 g/mol. The second-order valence-corrected chi connectivity index (χ2v) is 6.30. The molecule has 0 aliphatic rings. The van der Waals surface area contributed by atoms with Gasteiger partial charge in [-0.15, -0.1) is 0 Å². The molecule has 110 valence electrons. The van der Waals surface area contributed by atoms with Gasteiger partial charge >= 0.3 is 0 Å². The van der Waals surface area contributed by atoms with Gasteiger partial charge in [0.2, 0.25) is 0 Å². The normalized spacial score (nSPS) is 14.2. The second-order valence-electron chi connectivity index (χ2n) is 6.30. The highest BCUT2D eigenvalue weighted by molar-refractivity contribution is 5.36. The van der Waals surface area contributed by atoms with E-state index >= 15 is 0 Å². The lowest BCUT2D eigenvalue weighted by Gasteiger charge is -2.32. The van der Waals surface area contributed by atoms with Crippen LogP contribution < -0.4 is 0 Å². The predicted molar refractivity (Wildman–Crippen MR) is 91.1 cm³/mol. The minimum atomic E-state index is 0.136. The van der Waals surface area contributed by atoms with Crippen molar-refractivity contribution in [2.45, 2.75) is 61.3 Å². The highest BCUT2D eigenvalue weighted by Gasteiger charge is 2.26. The van der Waals surface area contributed by atoms with E-state index in [-0.39, 0.29) is 5.41 Å². The molecule has 0 nitrogen and oxygen atoms in total. The molecule has 0 saturated carbocycles. The van der Waals surface area contributed by atoms with E-state index in [0.717, 1.165) is 12.8 Å². The van der Waals surface area contributed by atoms with Crippen molar-refractivity contribution in [1.29, 1.82) is 0 Å². The third-order valence-electron chi connectivity index (χ3n) is 4.90. The van der Waals surface area contributed by atoms with E-state index in [9.17, 15) is 0 Å². The summed E-state index contributed by atoms with van der Waals surface area (Å²) in [6.45, 7) is 15.9. The van der Waals surface area contributed by atoms with Gasteiger partial charge in [-0.3, -0.25) is 0 Å². The van der Waals surface area contributed by atoms with Crippen molar-refractivity contribution in [3.8, 4) is 0 Å². The highest BCUT2D eigenvalue weighted by Crippen LogP contribution is 2.38. The largest absolute Gasteiger partial charge is 0.0873 e. The van der Waals surface area contributed by atoms with Gasteiger partial charge in [-0.1, -0.05) is 67.8 Å². The number of benzene rings is 1. The lowest BCUT2D eigenvalue weighted by Crippen LogP contribution is -2.19. The molecule has 0 heteroatoms. The number of hydrogen-bond acceptors (Lipinski definition) is 0. The van der Waals surface area contributed by atoms with Gasteiger partial charge in [0.05, 0.1) is 0 Å². The van der Waals surface area contributed by atoms with Crippen LogP contribution in [0.2, 0.25) is 0 Å². The van der Waals surface area contributed by atoms with E-state index in [1.54, 1.807) is 0 Å². The molecule has 1 rings (SSSR count). The molecule has 0 saturated heterocycles. The molecule has 0 amide bonds. The van der Waals surface area contributed by atoms with Gasteiger partial charge in [0.25, 0.3) is 0 Å². The molecule has 0 atom stereocenters. The van der Waals surface area contributed by atoms with E-state index in [1.807, 2.05) is 0 Å². The maximum absolute atomic E-state index is 2.36. The lowest BCUT2D eigenvalue weighted by molar-refractivity contribution is 0.515. The standard InChI is InChI=1S/C20H30/c1-8-15(3)17(5)20(6,7)19(9-2)14-18-13-11-10-12-16(18)4/h9-13H,8,14H2,1-7H3. The van der Waals surface area contributed by atoms with Crippen LogP contribution in [0, 0.1) is 12.3 Å². The number of rotatable bonds is 5. The summed E-state index contributed by atoms with van der Waals surface area (Å²) in [6.07, 6.45) is 4.49. The van der Waals surface area contributed by atoms with Gasteiger partial charge in [0.15, 0.2) is 0 Å². The molecule has 0 bridgehead atoms. The molecular weight excluding hydrogens is 240 g/mol. The van der Waals surface area contributed by atoms with Crippen molar-refractivity contribution in [2.75, 3.05) is 0 Å². The van der Waals surface area contributed by atoms with Crippen LogP contribution in [-0.4, -0.2) is 0 Å². The fourth-order valence-corrected chi connectivity index (χ4v) is 2.74. The summed E-state index contributed by atoms with van der Waals surface area (Å²) in [4.78, 5) is 0. The van der Waals surface area contributed by atoms with Gasteiger partial charge in [0, 0.05) is 5.41 Å². The molecule has 0 aliphatic heterocycles. The first-order valence-electron chi connectivity index (χ1n) is 7.71. The summed E-state index contributed by atoms with van der Waals surface area (Å²) in [5.41, 5.74) is 7.50. The number of allylic oxidation sites excluding steroid dienone is 4. The minimum Gasteiger partial charge on any atom is -0.0873 e. The van der Waals surface area contributed by atoms with Gasteiger partial charge < -0.3 is 0 Å². The van der Waals surface area contributed by atoms with E-state index in [4.69, 9.17) is 0 Å². The molecule has 0 spiro atoms. The molecule has 20 heavy (non-hydrogen) atoms. The van der Waals surface area contributed by atoms with Crippen LogP contribution in [-0.2, 0) is 6.42 Å². The fourth-order valence-electron chi connectivity index (χ4n) is 2.74. The Hall–Kier alpha value is -1.30. The van der Waals surface area contributed by atoms with E-state index in [2.05, 4.69) is 78.8 Å². The summed E-state index contributed by atoms with van der Waals surface area (Å²) < 4.78 is 0. The zero-order valence-corrected chi connectivity index (χ0v) is 14.3. The maximum atomic E-state index is 2.36. The zero-order chi connectivity index (χ0) is 15.3. The Labute approximate surface area is 125 Å². The molecule has 0 N–H and O–H groups in total. The van der Waals surface area contributed by atoms with E-state index in [1.165, 1.54) is 27.8 Å². The van der Waals surface area contributed by atoms with Crippen LogP contribution >= 0.6 is 0 Å². The van der Waals surface area contributed by atoms with Crippen molar-refractivity contribution in [3.05, 3.63) is 58.2 Å². The van der Waals surface area contributed by atoms with Crippen LogP contribution in [0.25, 0.3) is 0 Å². The Morgan fingerprint density at radius 3 is 2.25 bits per heavy atom. The Morgan fingerprint density at radius 2 is 1.75 bits per heavy atom. The summed E-state index contributed by atoms with van der Waals surface area (Å²) >= 11 is 0. The third kappa shape index (κ3) is 3.62. The Balaban J connectivity index is 3.12. The highest BCUT2D eigenvalue weighted by atomic mass is 14.3. The summed E-state index contributed by atoms with van der Waals surface area (Å²) in [6, 6.07) is 8.71. The van der Waals surface area contributed by atoms with Crippen LogP contribution in [0.4, 0.5) is 0 Å². The van der Waals surface area contributed by atoms with Crippen molar-refractivity contribution in [2.24, 2.45) is 5.41 Å². The summed E-state index contributed by atoms with van der Waals surface area (Å²) in [7, 11) is 0. The molecule has 1 aromatic carbocycles. The monoisotopic (exact) mass is 270 g/mol. The van der Waals surface area contributed by atoms with Crippen LogP contribution in [0.1, 0.15) is 59.1 Å². The van der Waals surface area contributed by atoms with E-state index in [0.29, 0.717) is 0 Å². The molecule has 0 heterocycles. The fraction of sp³-hybridized carbons (Fsp3) is 0.500. The average Bonchev–Trinajstić information content (AvgIpc) is 2.44. The Bertz CT molecular complexity index is 513. The van der Waals surface area contributed by atoms with Crippen molar-refractivity contribution in [1.82, 2.24) is 0 Å². The van der Waals surface area contributed by atoms with Crippen molar-refractivity contribution >= 4 is 0 Å². The van der Waals surface area contributed by atoms with Gasteiger partial charge in [-0.2, -0.15) is 0 Å². The molecule has 0 aliphatic carbocycles.